The van der Waals surface area contributed by atoms with Crippen LogP contribution < -0.4 is 10.6 Å². The largest absolute Gasteiger partial charge is 0.352 e. The summed E-state index contributed by atoms with van der Waals surface area (Å²) in [7, 11) is 0. The standard InChI is InChI=1S/C24H24N2O2/c1-18-9-15-22(16-10-18)26-24(28)21-13-11-20(12-14-21)23(27)25-17-5-8-19-6-3-2-4-7-19/h2-4,6-7,9-16H,5,8,17H2,1H3,(H,25,27)(H,26,28). The molecule has 0 unspecified atom stereocenters. The number of carbonyl (C=O) groups is 2. The predicted molar refractivity (Wildman–Crippen MR) is 113 cm³/mol. The Balaban J connectivity index is 1.48. The number of hydrogen-bond donors (Lipinski definition) is 2. The molecule has 0 bridgehead atoms. The second kappa shape index (κ2) is 9.51. The van der Waals surface area contributed by atoms with Gasteiger partial charge in [-0.2, -0.15) is 0 Å². The molecule has 0 saturated carbocycles. The summed E-state index contributed by atoms with van der Waals surface area (Å²) in [6.45, 7) is 2.61. The van der Waals surface area contributed by atoms with Gasteiger partial charge in [0.15, 0.2) is 0 Å². The smallest absolute Gasteiger partial charge is 0.255 e. The average molecular weight is 372 g/mol. The van der Waals surface area contributed by atoms with Gasteiger partial charge in [-0.3, -0.25) is 9.59 Å². The van der Waals surface area contributed by atoms with Crippen molar-refractivity contribution in [1.82, 2.24) is 5.32 Å². The van der Waals surface area contributed by atoms with Crippen molar-refractivity contribution in [3.63, 3.8) is 0 Å². The van der Waals surface area contributed by atoms with Crippen molar-refractivity contribution in [1.29, 1.82) is 0 Å². The lowest BCUT2D eigenvalue weighted by Crippen LogP contribution is -2.24. The fourth-order valence-corrected chi connectivity index (χ4v) is 2.85. The minimum Gasteiger partial charge on any atom is -0.352 e. The third-order valence-electron chi connectivity index (χ3n) is 4.49. The fourth-order valence-electron chi connectivity index (χ4n) is 2.85. The highest BCUT2D eigenvalue weighted by Crippen LogP contribution is 2.12. The number of amides is 2. The number of benzene rings is 3. The highest BCUT2D eigenvalue weighted by atomic mass is 16.2. The van der Waals surface area contributed by atoms with E-state index >= 15 is 0 Å². The molecule has 28 heavy (non-hydrogen) atoms. The zero-order valence-corrected chi connectivity index (χ0v) is 15.9. The summed E-state index contributed by atoms with van der Waals surface area (Å²) in [6.07, 6.45) is 1.81. The molecular weight excluding hydrogens is 348 g/mol. The van der Waals surface area contributed by atoms with Crippen molar-refractivity contribution < 1.29 is 9.59 Å². The van der Waals surface area contributed by atoms with Gasteiger partial charge in [0.1, 0.15) is 0 Å². The van der Waals surface area contributed by atoms with Gasteiger partial charge in [-0.1, -0.05) is 48.0 Å². The Bertz CT molecular complexity index is 917. The second-order valence-corrected chi connectivity index (χ2v) is 6.74. The van der Waals surface area contributed by atoms with Gasteiger partial charge in [-0.05, 0) is 61.7 Å². The first kappa shape index (κ1) is 19.4. The van der Waals surface area contributed by atoms with E-state index in [1.807, 2.05) is 49.4 Å². The van der Waals surface area contributed by atoms with E-state index in [1.54, 1.807) is 24.3 Å². The summed E-state index contributed by atoms with van der Waals surface area (Å²) in [5.74, 6) is -0.322. The molecule has 0 saturated heterocycles. The van der Waals surface area contributed by atoms with E-state index in [0.717, 1.165) is 24.1 Å². The summed E-state index contributed by atoms with van der Waals surface area (Å²) >= 11 is 0. The van der Waals surface area contributed by atoms with Crippen molar-refractivity contribution >= 4 is 17.5 Å². The normalized spacial score (nSPS) is 10.3. The van der Waals surface area contributed by atoms with E-state index in [0.29, 0.717) is 17.7 Å². The van der Waals surface area contributed by atoms with Crippen LogP contribution in [0.5, 0.6) is 0 Å². The SMILES string of the molecule is Cc1ccc(NC(=O)c2ccc(C(=O)NCCCc3ccccc3)cc2)cc1. The molecule has 0 heterocycles. The average Bonchev–Trinajstić information content (AvgIpc) is 2.73. The maximum Gasteiger partial charge on any atom is 0.255 e. The van der Waals surface area contributed by atoms with Crippen LogP contribution in [0.25, 0.3) is 0 Å². The molecular formula is C24H24N2O2. The van der Waals surface area contributed by atoms with Crippen LogP contribution in [0.15, 0.2) is 78.9 Å². The van der Waals surface area contributed by atoms with Gasteiger partial charge in [0.25, 0.3) is 11.8 Å². The molecule has 3 aromatic rings. The number of anilines is 1. The van der Waals surface area contributed by atoms with Crippen LogP contribution in [0.3, 0.4) is 0 Å². The molecule has 0 aromatic heterocycles. The van der Waals surface area contributed by atoms with E-state index in [-0.39, 0.29) is 11.8 Å². The highest BCUT2D eigenvalue weighted by Gasteiger charge is 2.09. The topological polar surface area (TPSA) is 58.2 Å². The predicted octanol–water partition coefficient (Wildman–Crippen LogP) is 4.61. The number of nitrogens with one attached hydrogen (secondary N) is 2. The third-order valence-corrected chi connectivity index (χ3v) is 4.49. The summed E-state index contributed by atoms with van der Waals surface area (Å²) in [5, 5.41) is 5.78. The molecule has 4 nitrogen and oxygen atoms in total. The molecule has 2 N–H and O–H groups in total. The zero-order valence-electron chi connectivity index (χ0n) is 15.9. The molecule has 0 atom stereocenters. The number of hydrogen-bond acceptors (Lipinski definition) is 2. The van der Waals surface area contributed by atoms with Gasteiger partial charge in [-0.25, -0.2) is 0 Å². The highest BCUT2D eigenvalue weighted by molar-refractivity contribution is 6.05. The number of aryl methyl sites for hydroxylation is 2. The van der Waals surface area contributed by atoms with Crippen LogP contribution in [0, 0.1) is 6.92 Å². The van der Waals surface area contributed by atoms with Crippen molar-refractivity contribution in [3.05, 3.63) is 101 Å². The van der Waals surface area contributed by atoms with Crippen molar-refractivity contribution in [3.8, 4) is 0 Å². The van der Waals surface area contributed by atoms with E-state index in [1.165, 1.54) is 5.56 Å². The van der Waals surface area contributed by atoms with Crippen LogP contribution in [-0.4, -0.2) is 18.4 Å². The molecule has 3 aromatic carbocycles. The first-order chi connectivity index (χ1) is 13.6. The van der Waals surface area contributed by atoms with Crippen LogP contribution in [-0.2, 0) is 6.42 Å². The van der Waals surface area contributed by atoms with Gasteiger partial charge in [0, 0.05) is 23.4 Å². The maximum absolute atomic E-state index is 12.3. The Labute approximate surface area is 165 Å². The molecule has 142 valence electrons. The van der Waals surface area contributed by atoms with Crippen LogP contribution in [0.4, 0.5) is 5.69 Å². The van der Waals surface area contributed by atoms with Gasteiger partial charge in [-0.15, -0.1) is 0 Å². The van der Waals surface area contributed by atoms with E-state index in [2.05, 4.69) is 22.8 Å². The Kier molecular flexibility index (Phi) is 6.58. The molecule has 0 spiro atoms. The van der Waals surface area contributed by atoms with E-state index < -0.39 is 0 Å². The maximum atomic E-state index is 12.3. The lowest BCUT2D eigenvalue weighted by molar-refractivity contribution is 0.0951. The fraction of sp³-hybridized carbons (Fsp3) is 0.167. The van der Waals surface area contributed by atoms with Gasteiger partial charge >= 0.3 is 0 Å². The quantitative estimate of drug-likeness (QED) is 0.595. The summed E-state index contributed by atoms with van der Waals surface area (Å²) in [6, 6.07) is 24.5. The Morgan fingerprint density at radius 2 is 1.36 bits per heavy atom. The minimum atomic E-state index is -0.196. The second-order valence-electron chi connectivity index (χ2n) is 6.74. The van der Waals surface area contributed by atoms with Crippen LogP contribution >= 0.6 is 0 Å². The molecule has 0 aliphatic heterocycles. The molecule has 2 amide bonds. The Hall–Kier alpha value is -3.40. The molecule has 0 aliphatic rings. The zero-order chi connectivity index (χ0) is 19.8. The van der Waals surface area contributed by atoms with E-state index in [9.17, 15) is 9.59 Å². The van der Waals surface area contributed by atoms with Crippen LogP contribution in [0.1, 0.15) is 38.3 Å². The monoisotopic (exact) mass is 372 g/mol. The van der Waals surface area contributed by atoms with Gasteiger partial charge in [0.05, 0.1) is 0 Å². The molecule has 3 rings (SSSR count). The number of carbonyl (C=O) groups excluding carboxylic acids is 2. The summed E-state index contributed by atoms with van der Waals surface area (Å²) < 4.78 is 0. The van der Waals surface area contributed by atoms with Crippen molar-refractivity contribution in [2.75, 3.05) is 11.9 Å². The Morgan fingerprint density at radius 1 is 0.750 bits per heavy atom. The number of rotatable bonds is 7. The molecule has 0 radical (unpaired) electrons. The Morgan fingerprint density at radius 3 is 2.00 bits per heavy atom. The first-order valence-corrected chi connectivity index (χ1v) is 9.42. The van der Waals surface area contributed by atoms with Gasteiger partial charge in [0.2, 0.25) is 0 Å². The first-order valence-electron chi connectivity index (χ1n) is 9.42. The summed E-state index contributed by atoms with van der Waals surface area (Å²) in [5.41, 5.74) is 4.21. The lowest BCUT2D eigenvalue weighted by Gasteiger charge is -2.08. The summed E-state index contributed by atoms with van der Waals surface area (Å²) in [4.78, 5) is 24.6. The van der Waals surface area contributed by atoms with Crippen molar-refractivity contribution in [2.24, 2.45) is 0 Å². The van der Waals surface area contributed by atoms with E-state index in [4.69, 9.17) is 0 Å². The molecule has 0 fully saturated rings. The molecule has 0 aliphatic carbocycles. The third kappa shape index (κ3) is 5.55. The van der Waals surface area contributed by atoms with Crippen molar-refractivity contribution in [2.45, 2.75) is 19.8 Å². The van der Waals surface area contributed by atoms with Crippen LogP contribution in [0.2, 0.25) is 0 Å². The molecule has 4 heteroatoms. The van der Waals surface area contributed by atoms with Gasteiger partial charge < -0.3 is 10.6 Å². The minimum absolute atomic E-state index is 0.126. The lowest BCUT2D eigenvalue weighted by atomic mass is 10.1.